The van der Waals surface area contributed by atoms with Crippen molar-refractivity contribution in [2.45, 2.75) is 12.7 Å². The molecule has 0 radical (unpaired) electrons. The van der Waals surface area contributed by atoms with Gasteiger partial charge in [0.2, 0.25) is 0 Å². The molecule has 0 amide bonds. The zero-order chi connectivity index (χ0) is 13.4. The molecular weight excluding hydrogens is 244 g/mol. The summed E-state index contributed by atoms with van der Waals surface area (Å²) in [6.45, 7) is 5.73. The lowest BCUT2D eigenvalue weighted by Crippen LogP contribution is -1.95. The summed E-state index contributed by atoms with van der Waals surface area (Å²) in [4.78, 5) is 11.8. The Morgan fingerprint density at radius 2 is 2.06 bits per heavy atom. The van der Waals surface area contributed by atoms with E-state index in [1.54, 1.807) is 23.9 Å². The van der Waals surface area contributed by atoms with Crippen LogP contribution in [0.1, 0.15) is 22.8 Å². The third kappa shape index (κ3) is 4.63. The van der Waals surface area contributed by atoms with Crippen LogP contribution in [0.25, 0.3) is 0 Å². The van der Waals surface area contributed by atoms with Crippen molar-refractivity contribution in [1.29, 1.82) is 0 Å². The van der Waals surface area contributed by atoms with Gasteiger partial charge in [-0.15, -0.1) is 11.8 Å². The number of benzene rings is 1. The van der Waals surface area contributed by atoms with Gasteiger partial charge < -0.3 is 5.11 Å². The van der Waals surface area contributed by atoms with Crippen molar-refractivity contribution in [3.05, 3.63) is 71.2 Å². The number of allylic oxidation sites excluding steroid dienone is 4. The van der Waals surface area contributed by atoms with Gasteiger partial charge in [0.05, 0.1) is 5.56 Å². The van der Waals surface area contributed by atoms with E-state index in [0.29, 0.717) is 5.56 Å². The quantitative estimate of drug-likeness (QED) is 0.776. The lowest BCUT2D eigenvalue weighted by molar-refractivity contribution is 0.0697. The lowest BCUT2D eigenvalue weighted by atomic mass is 10.1. The van der Waals surface area contributed by atoms with Crippen LogP contribution in [0.3, 0.4) is 0 Å². The van der Waals surface area contributed by atoms with Gasteiger partial charge in [0.15, 0.2) is 0 Å². The molecule has 0 aliphatic rings. The van der Waals surface area contributed by atoms with E-state index in [2.05, 4.69) is 6.58 Å². The van der Waals surface area contributed by atoms with E-state index in [1.807, 2.05) is 43.4 Å². The number of carbonyl (C=O) groups is 1. The lowest BCUT2D eigenvalue weighted by Gasteiger charge is -2.02. The summed E-state index contributed by atoms with van der Waals surface area (Å²) < 4.78 is 0. The van der Waals surface area contributed by atoms with Crippen LogP contribution in [0.2, 0.25) is 0 Å². The highest BCUT2D eigenvalue weighted by molar-refractivity contribution is 8.02. The average Bonchev–Trinajstić information content (AvgIpc) is 2.39. The maximum absolute atomic E-state index is 10.7. The molecule has 1 rings (SSSR count). The predicted molar refractivity (Wildman–Crippen MR) is 77.8 cm³/mol. The Hall–Kier alpha value is -1.74. The van der Waals surface area contributed by atoms with E-state index in [4.69, 9.17) is 5.11 Å². The van der Waals surface area contributed by atoms with Gasteiger partial charge in [-0.2, -0.15) is 0 Å². The zero-order valence-electron chi connectivity index (χ0n) is 10.3. The second kappa shape index (κ2) is 7.56. The van der Waals surface area contributed by atoms with Crippen LogP contribution in [0, 0.1) is 0 Å². The van der Waals surface area contributed by atoms with E-state index >= 15 is 0 Å². The van der Waals surface area contributed by atoms with Crippen molar-refractivity contribution in [3.63, 3.8) is 0 Å². The van der Waals surface area contributed by atoms with Gasteiger partial charge in [0, 0.05) is 10.7 Å². The summed E-state index contributed by atoms with van der Waals surface area (Å²) in [7, 11) is 0. The minimum atomic E-state index is -0.894. The predicted octanol–water partition coefficient (Wildman–Crippen LogP) is 4.26. The first-order valence-electron chi connectivity index (χ1n) is 5.58. The van der Waals surface area contributed by atoms with Crippen molar-refractivity contribution < 1.29 is 9.90 Å². The summed E-state index contributed by atoms with van der Waals surface area (Å²) in [6.07, 6.45) is 7.75. The Morgan fingerprint density at radius 3 is 2.56 bits per heavy atom. The van der Waals surface area contributed by atoms with Crippen molar-refractivity contribution in [1.82, 2.24) is 0 Å². The minimum Gasteiger partial charge on any atom is -0.478 e. The molecule has 0 aliphatic heterocycles. The first kappa shape index (κ1) is 14.3. The molecule has 1 aromatic rings. The van der Waals surface area contributed by atoms with E-state index < -0.39 is 5.97 Å². The van der Waals surface area contributed by atoms with Crippen molar-refractivity contribution in [3.8, 4) is 0 Å². The molecule has 1 N–H and O–H groups in total. The first-order chi connectivity index (χ1) is 8.67. The molecule has 0 spiro atoms. The van der Waals surface area contributed by atoms with E-state index in [9.17, 15) is 4.79 Å². The highest BCUT2D eigenvalue weighted by Gasteiger charge is 2.02. The van der Waals surface area contributed by atoms with Crippen LogP contribution in [-0.2, 0) is 5.75 Å². The number of hydrogen-bond donors (Lipinski definition) is 1. The third-order valence-electron chi connectivity index (χ3n) is 2.26. The second-order valence-corrected chi connectivity index (χ2v) is 4.64. The Balaban J connectivity index is 2.63. The molecular formula is C15H16O2S. The largest absolute Gasteiger partial charge is 0.478 e. The van der Waals surface area contributed by atoms with Gasteiger partial charge in [0.25, 0.3) is 0 Å². The van der Waals surface area contributed by atoms with Crippen LogP contribution in [0.5, 0.6) is 0 Å². The normalized spacial score (nSPS) is 11.7. The smallest absolute Gasteiger partial charge is 0.335 e. The highest BCUT2D eigenvalue weighted by atomic mass is 32.2. The number of carboxylic acids is 1. The molecule has 0 fully saturated rings. The van der Waals surface area contributed by atoms with Crippen LogP contribution in [0.4, 0.5) is 0 Å². The van der Waals surface area contributed by atoms with Gasteiger partial charge >= 0.3 is 5.97 Å². The van der Waals surface area contributed by atoms with Crippen molar-refractivity contribution in [2.24, 2.45) is 0 Å². The van der Waals surface area contributed by atoms with Crippen molar-refractivity contribution >= 4 is 17.7 Å². The van der Waals surface area contributed by atoms with E-state index in [0.717, 1.165) is 16.2 Å². The summed E-state index contributed by atoms with van der Waals surface area (Å²) in [6, 6.07) is 6.93. The number of carboxylic acid groups (broad SMARTS) is 1. The Labute approximate surface area is 112 Å². The molecule has 0 unspecified atom stereocenters. The second-order valence-electron chi connectivity index (χ2n) is 3.59. The van der Waals surface area contributed by atoms with E-state index in [-0.39, 0.29) is 0 Å². The summed E-state index contributed by atoms with van der Waals surface area (Å²) in [5, 5.41) is 8.79. The number of hydrogen-bond acceptors (Lipinski definition) is 2. The Morgan fingerprint density at radius 1 is 1.39 bits per heavy atom. The molecule has 1 aromatic carbocycles. The number of rotatable bonds is 6. The molecule has 0 aliphatic carbocycles. The molecule has 2 nitrogen and oxygen atoms in total. The zero-order valence-corrected chi connectivity index (χ0v) is 11.1. The van der Waals surface area contributed by atoms with Gasteiger partial charge in [-0.1, -0.05) is 36.9 Å². The molecule has 0 aromatic heterocycles. The van der Waals surface area contributed by atoms with Crippen LogP contribution in [0.15, 0.2) is 60.1 Å². The molecule has 0 bridgehead atoms. The molecule has 0 atom stereocenters. The molecule has 0 saturated carbocycles. The molecule has 94 valence electrons. The third-order valence-corrected chi connectivity index (χ3v) is 3.37. The highest BCUT2D eigenvalue weighted by Crippen LogP contribution is 2.22. The van der Waals surface area contributed by atoms with Crippen molar-refractivity contribution in [2.75, 3.05) is 0 Å². The van der Waals surface area contributed by atoms with Crippen LogP contribution in [-0.4, -0.2) is 11.1 Å². The summed E-state index contributed by atoms with van der Waals surface area (Å²) in [5.74, 6) is -0.0936. The molecule has 3 heteroatoms. The number of thioether (sulfide) groups is 1. The van der Waals surface area contributed by atoms with E-state index in [1.165, 1.54) is 0 Å². The molecule has 18 heavy (non-hydrogen) atoms. The monoisotopic (exact) mass is 260 g/mol. The molecule has 0 heterocycles. The molecule has 0 saturated heterocycles. The Bertz CT molecular complexity index is 470. The number of aromatic carboxylic acids is 1. The fourth-order valence-electron chi connectivity index (χ4n) is 1.28. The first-order valence-corrected chi connectivity index (χ1v) is 6.56. The fraction of sp³-hybridized carbons (Fsp3) is 0.133. The Kier molecular flexibility index (Phi) is 6.01. The topological polar surface area (TPSA) is 37.3 Å². The van der Waals surface area contributed by atoms with Crippen LogP contribution < -0.4 is 0 Å². The van der Waals surface area contributed by atoms with Gasteiger partial charge in [0.1, 0.15) is 0 Å². The van der Waals surface area contributed by atoms with Gasteiger partial charge in [-0.05, 0) is 30.7 Å². The van der Waals surface area contributed by atoms with Crippen LogP contribution >= 0.6 is 11.8 Å². The summed E-state index contributed by atoms with van der Waals surface area (Å²) in [5.41, 5.74) is 1.41. The SMILES string of the molecule is C=C/C(=C\C=C/C)SCc1ccc(C(=O)O)cc1. The minimum absolute atomic E-state index is 0.317. The average molecular weight is 260 g/mol. The maximum atomic E-state index is 10.7. The maximum Gasteiger partial charge on any atom is 0.335 e. The van der Waals surface area contributed by atoms with Gasteiger partial charge in [-0.25, -0.2) is 4.79 Å². The van der Waals surface area contributed by atoms with Gasteiger partial charge in [-0.3, -0.25) is 0 Å². The standard InChI is InChI=1S/C15H16O2S/c1-3-5-6-14(4-2)18-11-12-7-9-13(10-8-12)15(16)17/h3-10H,2,11H2,1H3,(H,16,17)/b5-3-,14-6+. The fourth-order valence-corrected chi connectivity index (χ4v) is 2.09. The summed E-state index contributed by atoms with van der Waals surface area (Å²) >= 11 is 1.67.